The van der Waals surface area contributed by atoms with Gasteiger partial charge in [-0.3, -0.25) is 4.90 Å². The number of rotatable bonds is 4. The Bertz CT molecular complexity index is 237. The number of hydrogen-bond acceptors (Lipinski definition) is 3. The zero-order valence-corrected chi connectivity index (χ0v) is 10.4. The first-order valence-corrected chi connectivity index (χ1v) is 5.89. The Kier molecular flexibility index (Phi) is 4.80. The van der Waals surface area contributed by atoms with Crippen molar-refractivity contribution in [1.29, 1.82) is 0 Å². The van der Waals surface area contributed by atoms with Gasteiger partial charge in [0.15, 0.2) is 0 Å². The highest BCUT2D eigenvalue weighted by molar-refractivity contribution is 4.90. The van der Waals surface area contributed by atoms with E-state index in [0.29, 0.717) is 26.1 Å². The molecule has 1 saturated heterocycles. The van der Waals surface area contributed by atoms with Crippen LogP contribution >= 0.6 is 0 Å². The number of nitrogens with two attached hydrogens (primary N) is 1. The monoisotopic (exact) mass is 254 g/mol. The average molecular weight is 254 g/mol. The predicted molar refractivity (Wildman–Crippen MR) is 59.7 cm³/mol. The molecule has 102 valence electrons. The molecule has 0 aromatic heterocycles. The van der Waals surface area contributed by atoms with Crippen LogP contribution in [0.3, 0.4) is 0 Å². The van der Waals surface area contributed by atoms with Crippen molar-refractivity contribution in [2.75, 3.05) is 26.3 Å². The Morgan fingerprint density at radius 1 is 1.29 bits per heavy atom. The lowest BCUT2D eigenvalue weighted by molar-refractivity contribution is -0.152. The zero-order valence-electron chi connectivity index (χ0n) is 10.4. The second kappa shape index (κ2) is 5.54. The van der Waals surface area contributed by atoms with E-state index in [-0.39, 0.29) is 12.6 Å². The maximum absolute atomic E-state index is 12.4. The van der Waals surface area contributed by atoms with E-state index in [2.05, 4.69) is 0 Å². The van der Waals surface area contributed by atoms with Gasteiger partial charge in [0.1, 0.15) is 0 Å². The average Bonchev–Trinajstić information content (AvgIpc) is 2.15. The number of ether oxygens (including phenoxy) is 1. The fraction of sp³-hybridized carbons (Fsp3) is 1.00. The van der Waals surface area contributed by atoms with Gasteiger partial charge in [-0.05, 0) is 26.7 Å². The molecule has 0 spiro atoms. The highest BCUT2D eigenvalue weighted by Gasteiger charge is 2.36. The van der Waals surface area contributed by atoms with Gasteiger partial charge < -0.3 is 10.5 Å². The molecule has 0 saturated carbocycles. The molecule has 1 heterocycles. The first-order valence-electron chi connectivity index (χ1n) is 5.89. The number of alkyl halides is 3. The summed E-state index contributed by atoms with van der Waals surface area (Å²) in [6.45, 7) is 3.96. The van der Waals surface area contributed by atoms with Crippen LogP contribution in [0.25, 0.3) is 0 Å². The van der Waals surface area contributed by atoms with Crippen molar-refractivity contribution in [3.8, 4) is 0 Å². The number of nitrogens with zero attached hydrogens (tertiary/aromatic N) is 1. The molecule has 0 unspecified atom stereocenters. The molecule has 1 aliphatic rings. The minimum absolute atomic E-state index is 0.167. The highest BCUT2D eigenvalue weighted by Crippen LogP contribution is 2.23. The van der Waals surface area contributed by atoms with E-state index in [1.54, 1.807) is 13.8 Å². The first kappa shape index (κ1) is 14.7. The summed E-state index contributed by atoms with van der Waals surface area (Å²) < 4.78 is 42.5. The van der Waals surface area contributed by atoms with E-state index in [4.69, 9.17) is 10.5 Å². The minimum atomic E-state index is -4.17. The summed E-state index contributed by atoms with van der Waals surface area (Å²) in [6, 6.07) is -0.167. The molecule has 6 heteroatoms. The van der Waals surface area contributed by atoms with Crippen molar-refractivity contribution in [3.63, 3.8) is 0 Å². The molecule has 0 amide bonds. The van der Waals surface area contributed by atoms with Gasteiger partial charge in [0.25, 0.3) is 0 Å². The van der Waals surface area contributed by atoms with Crippen molar-refractivity contribution in [1.82, 2.24) is 4.90 Å². The summed E-state index contributed by atoms with van der Waals surface area (Å²) in [7, 11) is 0. The lowest BCUT2D eigenvalue weighted by atomic mass is 9.90. The van der Waals surface area contributed by atoms with Crippen LogP contribution in [0.4, 0.5) is 13.2 Å². The van der Waals surface area contributed by atoms with Crippen molar-refractivity contribution in [2.24, 2.45) is 5.73 Å². The van der Waals surface area contributed by atoms with Gasteiger partial charge in [-0.15, -0.1) is 0 Å². The molecule has 1 fully saturated rings. The van der Waals surface area contributed by atoms with Crippen molar-refractivity contribution < 1.29 is 17.9 Å². The third-order valence-corrected chi connectivity index (χ3v) is 3.12. The molecule has 0 atom stereocenters. The summed E-state index contributed by atoms with van der Waals surface area (Å²) >= 11 is 0. The summed E-state index contributed by atoms with van der Waals surface area (Å²) in [6.07, 6.45) is -2.94. The van der Waals surface area contributed by atoms with E-state index in [0.717, 1.165) is 0 Å². The topological polar surface area (TPSA) is 38.5 Å². The van der Waals surface area contributed by atoms with E-state index < -0.39 is 18.3 Å². The van der Waals surface area contributed by atoms with Gasteiger partial charge in [-0.2, -0.15) is 13.2 Å². The fourth-order valence-electron chi connectivity index (χ4n) is 1.99. The highest BCUT2D eigenvalue weighted by atomic mass is 19.4. The lowest BCUT2D eigenvalue weighted by Crippen LogP contribution is -2.56. The normalized spacial score (nSPS) is 21.2. The van der Waals surface area contributed by atoms with Crippen LogP contribution in [-0.4, -0.2) is 49.0 Å². The van der Waals surface area contributed by atoms with Crippen LogP contribution < -0.4 is 5.73 Å². The molecule has 1 aliphatic heterocycles. The van der Waals surface area contributed by atoms with Gasteiger partial charge in [0.05, 0.1) is 6.54 Å². The quantitative estimate of drug-likeness (QED) is 0.831. The predicted octanol–water partition coefficient (Wildman–Crippen LogP) is 1.77. The summed E-state index contributed by atoms with van der Waals surface area (Å²) in [4.78, 5) is 1.39. The fourth-order valence-corrected chi connectivity index (χ4v) is 1.99. The summed E-state index contributed by atoms with van der Waals surface area (Å²) in [5.74, 6) is 0. The third-order valence-electron chi connectivity index (χ3n) is 3.12. The standard InChI is InChI=1S/C11H21F3N2O/c1-9(2)16(8-11(12,13)14)7-10(15)3-5-17-6-4-10/h9H,3-8,15H2,1-2H3. The van der Waals surface area contributed by atoms with Crippen molar-refractivity contribution in [3.05, 3.63) is 0 Å². The van der Waals surface area contributed by atoms with Crippen LogP contribution in [0.15, 0.2) is 0 Å². The van der Waals surface area contributed by atoms with E-state index in [1.807, 2.05) is 0 Å². The molecule has 2 N–H and O–H groups in total. The molecular weight excluding hydrogens is 233 g/mol. The Morgan fingerprint density at radius 3 is 2.24 bits per heavy atom. The Hall–Kier alpha value is -0.330. The van der Waals surface area contributed by atoms with Crippen LogP contribution in [0.2, 0.25) is 0 Å². The van der Waals surface area contributed by atoms with Gasteiger partial charge in [0.2, 0.25) is 0 Å². The molecule has 0 aliphatic carbocycles. The molecule has 0 radical (unpaired) electrons. The third kappa shape index (κ3) is 5.23. The molecule has 0 aromatic carbocycles. The van der Waals surface area contributed by atoms with Crippen LogP contribution in [-0.2, 0) is 4.74 Å². The van der Waals surface area contributed by atoms with Crippen LogP contribution in [0.1, 0.15) is 26.7 Å². The molecule has 17 heavy (non-hydrogen) atoms. The number of hydrogen-bond donors (Lipinski definition) is 1. The van der Waals surface area contributed by atoms with Crippen molar-refractivity contribution in [2.45, 2.75) is 44.4 Å². The Balaban J connectivity index is 2.59. The van der Waals surface area contributed by atoms with E-state index >= 15 is 0 Å². The minimum Gasteiger partial charge on any atom is -0.381 e. The maximum atomic E-state index is 12.4. The van der Waals surface area contributed by atoms with Gasteiger partial charge in [-0.25, -0.2) is 0 Å². The first-order chi connectivity index (χ1) is 7.72. The molecule has 1 rings (SSSR count). The molecular formula is C11H21F3N2O. The maximum Gasteiger partial charge on any atom is 0.401 e. The second-order valence-corrected chi connectivity index (χ2v) is 5.09. The lowest BCUT2D eigenvalue weighted by Gasteiger charge is -2.39. The SMILES string of the molecule is CC(C)N(CC(F)(F)F)CC1(N)CCOCC1. The van der Waals surface area contributed by atoms with Gasteiger partial charge in [0, 0.05) is 31.3 Å². The van der Waals surface area contributed by atoms with Gasteiger partial charge in [-0.1, -0.05) is 0 Å². The second-order valence-electron chi connectivity index (χ2n) is 5.09. The zero-order chi connectivity index (χ0) is 13.1. The van der Waals surface area contributed by atoms with E-state index in [1.165, 1.54) is 4.90 Å². The van der Waals surface area contributed by atoms with E-state index in [9.17, 15) is 13.2 Å². The smallest absolute Gasteiger partial charge is 0.381 e. The Morgan fingerprint density at radius 2 is 1.82 bits per heavy atom. The molecule has 0 bridgehead atoms. The summed E-state index contributed by atoms with van der Waals surface area (Å²) in [5.41, 5.74) is 5.58. The summed E-state index contributed by atoms with van der Waals surface area (Å²) in [5, 5.41) is 0. The largest absolute Gasteiger partial charge is 0.401 e. The van der Waals surface area contributed by atoms with Crippen molar-refractivity contribution >= 4 is 0 Å². The van der Waals surface area contributed by atoms with Crippen LogP contribution in [0, 0.1) is 0 Å². The Labute approximate surface area is 100 Å². The molecule has 0 aromatic rings. The van der Waals surface area contributed by atoms with Crippen LogP contribution in [0.5, 0.6) is 0 Å². The molecule has 3 nitrogen and oxygen atoms in total. The van der Waals surface area contributed by atoms with Gasteiger partial charge >= 0.3 is 6.18 Å². The number of halogens is 3.